The summed E-state index contributed by atoms with van der Waals surface area (Å²) in [6.45, 7) is 7.02. The van der Waals surface area contributed by atoms with E-state index in [1.54, 1.807) is 37.8 Å². The number of ether oxygens (including phenoxy) is 1. The monoisotopic (exact) mass is 555 g/mol. The Morgan fingerprint density at radius 1 is 0.976 bits per heavy atom. The second kappa shape index (κ2) is 10.2. The summed E-state index contributed by atoms with van der Waals surface area (Å²) in [4.78, 5) is 26.0. The van der Waals surface area contributed by atoms with Gasteiger partial charge in [-0.05, 0) is 30.7 Å². The van der Waals surface area contributed by atoms with Crippen LogP contribution in [0.2, 0.25) is 0 Å². The van der Waals surface area contributed by atoms with Crippen LogP contribution >= 0.6 is 0 Å². The Hall–Kier alpha value is -4.42. The number of piperazine rings is 1. The minimum absolute atomic E-state index is 0.349. The Morgan fingerprint density at radius 2 is 1.71 bits per heavy atom. The fraction of sp³-hybridized carbons (Fsp3) is 0.345. The van der Waals surface area contributed by atoms with Crippen molar-refractivity contribution in [3.05, 3.63) is 78.4 Å². The van der Waals surface area contributed by atoms with E-state index < -0.39 is 5.60 Å². The maximum atomic E-state index is 13.3. The molecule has 6 heterocycles. The van der Waals surface area contributed by atoms with Crippen LogP contribution in [0.4, 0.5) is 16.2 Å². The zero-order valence-corrected chi connectivity index (χ0v) is 22.6. The third-order valence-electron chi connectivity index (χ3n) is 7.97. The molecule has 1 aromatic carbocycles. The number of aliphatic hydroxyl groups is 1. The lowest BCUT2D eigenvalue weighted by atomic mass is 9.90. The Bertz CT molecular complexity index is 1650. The Morgan fingerprint density at radius 3 is 2.41 bits per heavy atom. The molecule has 0 spiro atoms. The topological polar surface area (TPSA) is 121 Å². The first-order chi connectivity index (χ1) is 19.9. The maximum Gasteiger partial charge on any atom is 0.225 e. The van der Waals surface area contributed by atoms with Crippen molar-refractivity contribution in [2.75, 3.05) is 49.2 Å². The van der Waals surface area contributed by atoms with Gasteiger partial charge in [0.05, 0.1) is 30.5 Å². The van der Waals surface area contributed by atoms with E-state index >= 15 is 0 Å². The van der Waals surface area contributed by atoms with Crippen LogP contribution in [0.1, 0.15) is 18.1 Å². The number of hydrogen-bond acceptors (Lipinski definition) is 9. The standard InChI is InChI=1S/C29H30FN9O2/c1-29(40,21-2-4-23(30)5-3-21)22-12-31-28(32-13-22)38-8-6-37(7-9-38)27-24-10-25(36-26(24)33-18-34-27)20-11-35-39(15-20)14-19-16-41-17-19/h2-5,10-13,15,18-19,40H,6-9,14,16-17H2,1H3,(H,33,34,36)/t29-/m0/s1. The van der Waals surface area contributed by atoms with Crippen LogP contribution in [0.25, 0.3) is 22.3 Å². The summed E-state index contributed by atoms with van der Waals surface area (Å²) in [7, 11) is 0. The van der Waals surface area contributed by atoms with Crippen molar-refractivity contribution in [2.45, 2.75) is 19.1 Å². The molecular weight excluding hydrogens is 525 g/mol. The summed E-state index contributed by atoms with van der Waals surface area (Å²) in [6, 6.07) is 7.90. The molecule has 41 heavy (non-hydrogen) atoms. The molecule has 0 saturated carbocycles. The van der Waals surface area contributed by atoms with Crippen LogP contribution in [-0.4, -0.2) is 79.2 Å². The number of hydrogen-bond donors (Lipinski definition) is 2. The van der Waals surface area contributed by atoms with Gasteiger partial charge in [0.15, 0.2) is 0 Å². The van der Waals surface area contributed by atoms with Crippen molar-refractivity contribution >= 4 is 22.8 Å². The van der Waals surface area contributed by atoms with E-state index in [0.717, 1.165) is 61.0 Å². The van der Waals surface area contributed by atoms with E-state index in [1.807, 2.05) is 10.9 Å². The van der Waals surface area contributed by atoms with Gasteiger partial charge in [-0.3, -0.25) is 4.68 Å². The molecule has 2 fully saturated rings. The molecule has 0 amide bonds. The highest BCUT2D eigenvalue weighted by Crippen LogP contribution is 2.31. The predicted molar refractivity (Wildman–Crippen MR) is 151 cm³/mol. The number of halogens is 1. The number of rotatable bonds is 7. The van der Waals surface area contributed by atoms with E-state index in [-0.39, 0.29) is 5.82 Å². The fourth-order valence-corrected chi connectivity index (χ4v) is 5.39. The third-order valence-corrected chi connectivity index (χ3v) is 7.97. The van der Waals surface area contributed by atoms with Gasteiger partial charge in [0.1, 0.15) is 29.2 Å². The van der Waals surface area contributed by atoms with Crippen molar-refractivity contribution in [1.29, 1.82) is 0 Å². The molecule has 1 atom stereocenters. The number of nitrogens with one attached hydrogen (secondary N) is 1. The summed E-state index contributed by atoms with van der Waals surface area (Å²) in [5, 5.41) is 16.6. The molecule has 4 aromatic heterocycles. The van der Waals surface area contributed by atoms with Crippen LogP contribution in [0.5, 0.6) is 0 Å². The van der Waals surface area contributed by atoms with Crippen LogP contribution < -0.4 is 9.80 Å². The van der Waals surface area contributed by atoms with Gasteiger partial charge in [0.25, 0.3) is 0 Å². The molecular formula is C29H30FN9O2. The van der Waals surface area contributed by atoms with Crippen LogP contribution in [0.3, 0.4) is 0 Å². The molecule has 12 heteroatoms. The summed E-state index contributed by atoms with van der Waals surface area (Å²) in [5.74, 6) is 1.67. The number of aromatic nitrogens is 7. The van der Waals surface area contributed by atoms with Gasteiger partial charge >= 0.3 is 0 Å². The maximum absolute atomic E-state index is 13.3. The first-order valence-corrected chi connectivity index (χ1v) is 13.7. The molecule has 210 valence electrons. The number of H-pyrrole nitrogens is 1. The highest BCUT2D eigenvalue weighted by Gasteiger charge is 2.28. The quantitative estimate of drug-likeness (QED) is 0.312. The Kier molecular flexibility index (Phi) is 6.36. The second-order valence-electron chi connectivity index (χ2n) is 10.8. The largest absolute Gasteiger partial charge is 0.381 e. The molecule has 0 aliphatic carbocycles. The smallest absolute Gasteiger partial charge is 0.225 e. The van der Waals surface area contributed by atoms with Gasteiger partial charge in [-0.25, -0.2) is 24.3 Å². The molecule has 5 aromatic rings. The Balaban J connectivity index is 1.03. The van der Waals surface area contributed by atoms with Gasteiger partial charge in [-0.1, -0.05) is 12.1 Å². The van der Waals surface area contributed by atoms with E-state index in [4.69, 9.17) is 4.74 Å². The van der Waals surface area contributed by atoms with E-state index in [0.29, 0.717) is 36.1 Å². The third kappa shape index (κ3) is 4.89. The summed E-state index contributed by atoms with van der Waals surface area (Å²) < 4.78 is 20.6. The average molecular weight is 556 g/mol. The SMILES string of the molecule is C[C@](O)(c1ccc(F)cc1)c1cnc(N2CCN(c3ncnc4[nH]c(-c5cnn(CC6COC6)c5)cc34)CC2)nc1. The lowest BCUT2D eigenvalue weighted by Crippen LogP contribution is -2.47. The number of anilines is 2. The van der Waals surface area contributed by atoms with Gasteiger partial charge in [-0.15, -0.1) is 0 Å². The molecule has 2 saturated heterocycles. The minimum Gasteiger partial charge on any atom is -0.381 e. The molecule has 7 rings (SSSR count). The van der Waals surface area contributed by atoms with Gasteiger partial charge in [0, 0.05) is 68.4 Å². The number of benzene rings is 1. The molecule has 0 unspecified atom stereocenters. The predicted octanol–water partition coefficient (Wildman–Crippen LogP) is 2.98. The zero-order chi connectivity index (χ0) is 28.0. The highest BCUT2D eigenvalue weighted by molar-refractivity contribution is 5.91. The average Bonchev–Trinajstić information content (AvgIpc) is 3.63. The van der Waals surface area contributed by atoms with Gasteiger partial charge in [-0.2, -0.15) is 5.10 Å². The van der Waals surface area contributed by atoms with Crippen molar-refractivity contribution in [2.24, 2.45) is 5.92 Å². The first kappa shape index (κ1) is 25.5. The normalized spacial score (nSPS) is 17.5. The zero-order valence-electron chi connectivity index (χ0n) is 22.6. The van der Waals surface area contributed by atoms with Crippen molar-refractivity contribution in [1.82, 2.24) is 34.7 Å². The van der Waals surface area contributed by atoms with Crippen molar-refractivity contribution in [3.8, 4) is 11.3 Å². The Labute approximate surface area is 235 Å². The van der Waals surface area contributed by atoms with Crippen LogP contribution in [-0.2, 0) is 16.9 Å². The molecule has 2 aliphatic rings. The van der Waals surface area contributed by atoms with Crippen LogP contribution in [0, 0.1) is 11.7 Å². The minimum atomic E-state index is -1.33. The van der Waals surface area contributed by atoms with E-state index in [1.165, 1.54) is 12.1 Å². The molecule has 2 aliphatic heterocycles. The molecule has 2 N–H and O–H groups in total. The van der Waals surface area contributed by atoms with E-state index in [2.05, 4.69) is 52.1 Å². The summed E-state index contributed by atoms with van der Waals surface area (Å²) in [5.41, 5.74) is 2.55. The van der Waals surface area contributed by atoms with Crippen molar-refractivity contribution in [3.63, 3.8) is 0 Å². The fourth-order valence-electron chi connectivity index (χ4n) is 5.39. The molecule has 0 bridgehead atoms. The lowest BCUT2D eigenvalue weighted by Gasteiger charge is -2.35. The molecule has 0 radical (unpaired) electrons. The highest BCUT2D eigenvalue weighted by atomic mass is 19.1. The second-order valence-corrected chi connectivity index (χ2v) is 10.8. The van der Waals surface area contributed by atoms with E-state index in [9.17, 15) is 9.50 Å². The first-order valence-electron chi connectivity index (χ1n) is 13.7. The van der Waals surface area contributed by atoms with Crippen LogP contribution in [0.15, 0.2) is 61.4 Å². The summed E-state index contributed by atoms with van der Waals surface area (Å²) in [6.07, 6.45) is 8.80. The number of nitrogens with zero attached hydrogens (tertiary/aromatic N) is 8. The van der Waals surface area contributed by atoms with Gasteiger partial charge in [0.2, 0.25) is 5.95 Å². The number of fused-ring (bicyclic) bond motifs is 1. The summed E-state index contributed by atoms with van der Waals surface area (Å²) >= 11 is 0. The van der Waals surface area contributed by atoms with Gasteiger partial charge < -0.3 is 24.6 Å². The van der Waals surface area contributed by atoms with Crippen molar-refractivity contribution < 1.29 is 14.2 Å². The lowest BCUT2D eigenvalue weighted by molar-refractivity contribution is -0.0408. The molecule has 11 nitrogen and oxygen atoms in total. The number of aromatic amines is 1.